The van der Waals surface area contributed by atoms with Crippen molar-refractivity contribution in [1.29, 1.82) is 0 Å². The molecule has 0 spiro atoms. The van der Waals surface area contributed by atoms with Crippen LogP contribution in [0.2, 0.25) is 0 Å². The van der Waals surface area contributed by atoms with Gasteiger partial charge in [-0.2, -0.15) is 0 Å². The van der Waals surface area contributed by atoms with Gasteiger partial charge in [-0.3, -0.25) is 28.8 Å². The number of unbranched alkanes of at least 4 members (excludes halogenated alkanes) is 1. The maximum absolute atomic E-state index is 12.9. The topological polar surface area (TPSA) is 170 Å². The Kier molecular flexibility index (Phi) is 14.4. The summed E-state index contributed by atoms with van der Waals surface area (Å²) in [4.78, 5) is 47.8. The minimum atomic E-state index is -0.678. The van der Waals surface area contributed by atoms with Crippen molar-refractivity contribution in [2.45, 2.75) is 95.9 Å². The zero-order valence-electron chi connectivity index (χ0n) is 28.3. The fraction of sp³-hybridized carbons (Fsp3) is 0.556. The number of carbonyl (C=O) groups is 3. The normalized spacial score (nSPS) is 16.3. The molecular formula is C36H51N5O7. The molecule has 0 bridgehead atoms. The Labute approximate surface area is 282 Å². The zero-order valence-corrected chi connectivity index (χ0v) is 28.3. The SMILES string of the molecule is C[C@@H](OCc1ccc(CCCOCCCCOCCCc2ccc3c(c2)n(C)c(=O)n3C2CCC(=O)NC2=O)cc1)[C@@H](N)CCC(N)=O. The monoisotopic (exact) mass is 665 g/mol. The largest absolute Gasteiger partial charge is 0.381 e. The van der Waals surface area contributed by atoms with Crippen LogP contribution in [0.1, 0.15) is 81.0 Å². The van der Waals surface area contributed by atoms with Crippen molar-refractivity contribution in [3.05, 3.63) is 69.6 Å². The molecule has 3 atom stereocenters. The van der Waals surface area contributed by atoms with Gasteiger partial charge in [-0.15, -0.1) is 0 Å². The van der Waals surface area contributed by atoms with Gasteiger partial charge in [-0.1, -0.05) is 30.3 Å². The van der Waals surface area contributed by atoms with Gasteiger partial charge in [0.25, 0.3) is 0 Å². The van der Waals surface area contributed by atoms with E-state index in [4.69, 9.17) is 25.7 Å². The van der Waals surface area contributed by atoms with Crippen LogP contribution in [0.5, 0.6) is 0 Å². The van der Waals surface area contributed by atoms with Crippen LogP contribution in [0.3, 0.4) is 0 Å². The molecule has 0 saturated carbocycles. The van der Waals surface area contributed by atoms with Gasteiger partial charge < -0.3 is 25.7 Å². The number of aryl methyl sites for hydroxylation is 3. The van der Waals surface area contributed by atoms with E-state index in [0.717, 1.165) is 68.4 Å². The summed E-state index contributed by atoms with van der Waals surface area (Å²) in [5.41, 5.74) is 15.9. The number of benzene rings is 2. The molecular weight excluding hydrogens is 614 g/mol. The zero-order chi connectivity index (χ0) is 34.5. The van der Waals surface area contributed by atoms with Crippen molar-refractivity contribution in [2.24, 2.45) is 18.5 Å². The molecule has 1 aliphatic rings. The average Bonchev–Trinajstić information content (AvgIpc) is 3.31. The summed E-state index contributed by atoms with van der Waals surface area (Å²) in [7, 11) is 1.71. The fourth-order valence-electron chi connectivity index (χ4n) is 5.86. The van der Waals surface area contributed by atoms with Crippen LogP contribution in [0.4, 0.5) is 0 Å². The third-order valence-corrected chi connectivity index (χ3v) is 8.87. The number of rotatable bonds is 21. The van der Waals surface area contributed by atoms with Crippen LogP contribution >= 0.6 is 0 Å². The lowest BCUT2D eigenvalue weighted by Crippen LogP contribution is -2.44. The first-order valence-electron chi connectivity index (χ1n) is 17.1. The average molecular weight is 666 g/mol. The molecule has 12 heteroatoms. The molecule has 1 saturated heterocycles. The number of aromatic nitrogens is 2. The molecule has 2 heterocycles. The number of amides is 3. The van der Waals surface area contributed by atoms with E-state index >= 15 is 0 Å². The first kappa shape index (κ1) is 37.0. The third kappa shape index (κ3) is 10.8. The van der Waals surface area contributed by atoms with Crippen LogP contribution in [-0.4, -0.2) is 65.4 Å². The Hall–Kier alpha value is -3.84. The number of ether oxygens (including phenoxy) is 3. The molecule has 4 rings (SSSR count). The molecule has 1 aromatic heterocycles. The molecule has 3 amide bonds. The van der Waals surface area contributed by atoms with Crippen LogP contribution < -0.4 is 22.5 Å². The van der Waals surface area contributed by atoms with Gasteiger partial charge >= 0.3 is 5.69 Å². The van der Waals surface area contributed by atoms with Crippen LogP contribution in [0, 0.1) is 0 Å². The summed E-state index contributed by atoms with van der Waals surface area (Å²) in [6.07, 6.45) is 6.67. The second-order valence-corrected chi connectivity index (χ2v) is 12.6. The van der Waals surface area contributed by atoms with E-state index in [2.05, 4.69) is 29.6 Å². The second kappa shape index (κ2) is 18.6. The van der Waals surface area contributed by atoms with Crippen molar-refractivity contribution in [2.75, 3.05) is 26.4 Å². The van der Waals surface area contributed by atoms with Gasteiger partial charge in [0, 0.05) is 52.4 Å². The summed E-state index contributed by atoms with van der Waals surface area (Å²) in [5, 5.41) is 2.34. The molecule has 3 aromatic rings. The molecule has 1 aliphatic heterocycles. The summed E-state index contributed by atoms with van der Waals surface area (Å²) in [6, 6.07) is 13.4. The number of hydrogen-bond donors (Lipinski definition) is 3. The highest BCUT2D eigenvalue weighted by atomic mass is 16.5. The lowest BCUT2D eigenvalue weighted by molar-refractivity contribution is -0.135. The standard InChI is InChI=1S/C36H51N5O7/c1-25(29(37)14-17-33(38)42)48-24-28-11-9-26(10-12-28)7-5-21-46-19-3-4-20-47-22-6-8-27-13-15-30-32(23-27)40(2)36(45)41(30)31-16-18-34(43)39-35(31)44/h9-13,15,23,25,29,31H,3-8,14,16-22,24,37H2,1-2H3,(H2,38,42)(H,39,43,44)/t25-,29+,31?/m1/s1. The maximum Gasteiger partial charge on any atom is 0.329 e. The van der Waals surface area contributed by atoms with E-state index in [1.165, 1.54) is 10.1 Å². The minimum Gasteiger partial charge on any atom is -0.381 e. The Bertz CT molecular complexity index is 1570. The van der Waals surface area contributed by atoms with E-state index < -0.39 is 11.9 Å². The number of nitrogens with one attached hydrogen (secondary N) is 1. The molecule has 12 nitrogen and oxygen atoms in total. The Morgan fingerprint density at radius 2 is 1.50 bits per heavy atom. The molecule has 0 aliphatic carbocycles. The number of imidazole rings is 1. The third-order valence-electron chi connectivity index (χ3n) is 8.87. The van der Waals surface area contributed by atoms with E-state index in [0.29, 0.717) is 38.2 Å². The molecule has 1 fully saturated rings. The maximum atomic E-state index is 12.9. The van der Waals surface area contributed by atoms with Crippen LogP contribution in [0.25, 0.3) is 11.0 Å². The first-order chi connectivity index (χ1) is 23.1. The number of imide groups is 1. The number of hydrogen-bond acceptors (Lipinski definition) is 8. The molecule has 262 valence electrons. The molecule has 5 N–H and O–H groups in total. The number of piperidine rings is 1. The summed E-state index contributed by atoms with van der Waals surface area (Å²) >= 11 is 0. The van der Waals surface area contributed by atoms with Gasteiger partial charge in [-0.25, -0.2) is 4.79 Å². The van der Waals surface area contributed by atoms with Gasteiger partial charge in [0.2, 0.25) is 17.7 Å². The Balaban J connectivity index is 1.03. The lowest BCUT2D eigenvalue weighted by Gasteiger charge is -2.21. The van der Waals surface area contributed by atoms with E-state index in [1.54, 1.807) is 11.6 Å². The number of nitrogens with zero attached hydrogens (tertiary/aromatic N) is 2. The number of carbonyl (C=O) groups excluding carboxylic acids is 3. The molecule has 1 unspecified atom stereocenters. The molecule has 48 heavy (non-hydrogen) atoms. The second-order valence-electron chi connectivity index (χ2n) is 12.6. The van der Waals surface area contributed by atoms with Gasteiger partial charge in [0.15, 0.2) is 0 Å². The van der Waals surface area contributed by atoms with Crippen molar-refractivity contribution in [3.63, 3.8) is 0 Å². The quantitative estimate of drug-likeness (QED) is 0.115. The Morgan fingerprint density at radius 1 is 0.896 bits per heavy atom. The predicted octanol–water partition coefficient (Wildman–Crippen LogP) is 3.19. The Morgan fingerprint density at radius 3 is 2.15 bits per heavy atom. The first-order valence-corrected chi connectivity index (χ1v) is 17.1. The van der Waals surface area contributed by atoms with Crippen LogP contribution in [0.15, 0.2) is 47.3 Å². The number of primary amides is 1. The van der Waals surface area contributed by atoms with Gasteiger partial charge in [-0.05, 0) is 87.1 Å². The van der Waals surface area contributed by atoms with E-state index in [1.807, 2.05) is 25.1 Å². The predicted molar refractivity (Wildman–Crippen MR) is 183 cm³/mol. The van der Waals surface area contributed by atoms with Gasteiger partial charge in [0.05, 0.1) is 23.7 Å². The fourth-order valence-corrected chi connectivity index (χ4v) is 5.86. The number of fused-ring (bicyclic) bond motifs is 1. The number of nitrogens with two attached hydrogens (primary N) is 2. The highest BCUT2D eigenvalue weighted by Gasteiger charge is 2.31. The van der Waals surface area contributed by atoms with Crippen molar-refractivity contribution in [1.82, 2.24) is 14.5 Å². The van der Waals surface area contributed by atoms with Crippen molar-refractivity contribution in [3.8, 4) is 0 Å². The minimum absolute atomic E-state index is 0.157. The van der Waals surface area contributed by atoms with Crippen molar-refractivity contribution < 1.29 is 28.6 Å². The smallest absolute Gasteiger partial charge is 0.329 e. The summed E-state index contributed by atoms with van der Waals surface area (Å²) in [5.74, 6) is -1.07. The van der Waals surface area contributed by atoms with E-state index in [-0.39, 0.29) is 42.5 Å². The highest BCUT2D eigenvalue weighted by Crippen LogP contribution is 2.24. The van der Waals surface area contributed by atoms with Gasteiger partial charge in [0.1, 0.15) is 6.04 Å². The molecule has 2 aromatic carbocycles. The highest BCUT2D eigenvalue weighted by molar-refractivity contribution is 6.00. The summed E-state index contributed by atoms with van der Waals surface area (Å²) in [6.45, 7) is 5.18. The summed E-state index contributed by atoms with van der Waals surface area (Å²) < 4.78 is 20.6. The van der Waals surface area contributed by atoms with Crippen LogP contribution in [-0.2, 0) is 55.1 Å². The van der Waals surface area contributed by atoms with E-state index in [9.17, 15) is 19.2 Å². The van der Waals surface area contributed by atoms with Crippen molar-refractivity contribution >= 4 is 28.8 Å². The molecule has 0 radical (unpaired) electrons. The lowest BCUT2D eigenvalue weighted by atomic mass is 10.1.